The summed E-state index contributed by atoms with van der Waals surface area (Å²) in [5, 5.41) is 8.19. The van der Waals surface area contributed by atoms with Gasteiger partial charge in [0.25, 0.3) is 5.91 Å². The van der Waals surface area contributed by atoms with Gasteiger partial charge in [0.05, 0.1) is 12.3 Å². The van der Waals surface area contributed by atoms with Crippen LogP contribution in [0.25, 0.3) is 0 Å². The number of ether oxygens (including phenoxy) is 1. The zero-order valence-corrected chi connectivity index (χ0v) is 16.2. The quantitative estimate of drug-likeness (QED) is 0.732. The SMILES string of the molecule is CCOC(=O)[C@H](Cc1ccccc1)NC(=O)C1=NN(c2ccccc2)C(=O)CC1. The normalized spacial score (nSPS) is 14.7. The van der Waals surface area contributed by atoms with E-state index in [0.717, 1.165) is 5.56 Å². The van der Waals surface area contributed by atoms with Crippen molar-refractivity contribution in [2.24, 2.45) is 5.10 Å². The van der Waals surface area contributed by atoms with Crippen molar-refractivity contribution in [3.63, 3.8) is 0 Å². The van der Waals surface area contributed by atoms with Crippen molar-refractivity contribution in [3.05, 3.63) is 66.2 Å². The Morgan fingerprint density at radius 3 is 2.38 bits per heavy atom. The lowest BCUT2D eigenvalue weighted by Crippen LogP contribution is -2.47. The third kappa shape index (κ3) is 5.28. The maximum atomic E-state index is 12.8. The fourth-order valence-electron chi connectivity index (χ4n) is 3.02. The van der Waals surface area contributed by atoms with Crippen LogP contribution in [0.5, 0.6) is 0 Å². The van der Waals surface area contributed by atoms with E-state index in [1.807, 2.05) is 36.4 Å². The Labute approximate surface area is 169 Å². The first kappa shape index (κ1) is 20.3. The predicted molar refractivity (Wildman–Crippen MR) is 109 cm³/mol. The zero-order chi connectivity index (χ0) is 20.6. The van der Waals surface area contributed by atoms with Crippen LogP contribution in [0, 0.1) is 0 Å². The van der Waals surface area contributed by atoms with Crippen LogP contribution in [0.15, 0.2) is 65.8 Å². The number of esters is 1. The molecule has 1 aliphatic heterocycles. The number of para-hydroxylation sites is 1. The molecule has 2 aromatic carbocycles. The average Bonchev–Trinajstić information content (AvgIpc) is 2.75. The molecule has 1 N–H and O–H groups in total. The van der Waals surface area contributed by atoms with Crippen LogP contribution in [0.3, 0.4) is 0 Å². The van der Waals surface area contributed by atoms with Gasteiger partial charge in [0.2, 0.25) is 5.91 Å². The highest BCUT2D eigenvalue weighted by Crippen LogP contribution is 2.19. The van der Waals surface area contributed by atoms with E-state index in [2.05, 4.69) is 10.4 Å². The lowest BCUT2D eigenvalue weighted by molar-refractivity contribution is -0.146. The molecule has 0 radical (unpaired) electrons. The second kappa shape index (κ2) is 9.64. The molecule has 0 spiro atoms. The average molecular weight is 393 g/mol. The van der Waals surface area contributed by atoms with E-state index in [4.69, 9.17) is 4.74 Å². The van der Waals surface area contributed by atoms with E-state index in [9.17, 15) is 14.4 Å². The summed E-state index contributed by atoms with van der Waals surface area (Å²) in [5.41, 5.74) is 1.70. The third-order valence-electron chi connectivity index (χ3n) is 4.45. The highest BCUT2D eigenvalue weighted by atomic mass is 16.5. The lowest BCUT2D eigenvalue weighted by Gasteiger charge is -2.24. The number of benzene rings is 2. The summed E-state index contributed by atoms with van der Waals surface area (Å²) in [7, 11) is 0. The minimum Gasteiger partial charge on any atom is -0.464 e. The number of carbonyl (C=O) groups is 3. The molecule has 150 valence electrons. The largest absolute Gasteiger partial charge is 0.464 e. The smallest absolute Gasteiger partial charge is 0.328 e. The fourth-order valence-corrected chi connectivity index (χ4v) is 3.02. The highest BCUT2D eigenvalue weighted by molar-refractivity contribution is 6.40. The van der Waals surface area contributed by atoms with Crippen molar-refractivity contribution in [2.45, 2.75) is 32.2 Å². The fraction of sp³-hybridized carbons (Fsp3) is 0.273. The van der Waals surface area contributed by atoms with Crippen molar-refractivity contribution < 1.29 is 19.1 Å². The number of hydrazone groups is 1. The topological polar surface area (TPSA) is 88.1 Å². The van der Waals surface area contributed by atoms with E-state index < -0.39 is 17.9 Å². The molecule has 29 heavy (non-hydrogen) atoms. The molecule has 0 fully saturated rings. The maximum absolute atomic E-state index is 12.8. The predicted octanol–water partition coefficient (Wildman–Crippen LogP) is 2.46. The van der Waals surface area contributed by atoms with E-state index in [-0.39, 0.29) is 31.1 Å². The molecule has 1 heterocycles. The van der Waals surface area contributed by atoms with Crippen LogP contribution >= 0.6 is 0 Å². The number of nitrogens with zero attached hydrogens (tertiary/aromatic N) is 2. The van der Waals surface area contributed by atoms with Crippen LogP contribution in [0.1, 0.15) is 25.3 Å². The molecule has 1 aliphatic rings. The first-order valence-electron chi connectivity index (χ1n) is 9.55. The van der Waals surface area contributed by atoms with Crippen molar-refractivity contribution in [2.75, 3.05) is 11.6 Å². The van der Waals surface area contributed by atoms with Gasteiger partial charge >= 0.3 is 5.97 Å². The highest BCUT2D eigenvalue weighted by Gasteiger charge is 2.29. The second-order valence-electron chi connectivity index (χ2n) is 6.56. The molecule has 0 bridgehead atoms. The molecular formula is C22H23N3O4. The van der Waals surface area contributed by atoms with E-state index in [1.54, 1.807) is 31.2 Å². The van der Waals surface area contributed by atoms with Gasteiger partial charge in [0, 0.05) is 19.3 Å². The molecule has 0 aliphatic carbocycles. The number of rotatable bonds is 7. The van der Waals surface area contributed by atoms with E-state index >= 15 is 0 Å². The third-order valence-corrected chi connectivity index (χ3v) is 4.45. The second-order valence-corrected chi connectivity index (χ2v) is 6.56. The Bertz CT molecular complexity index is 897. The molecule has 2 aromatic rings. The van der Waals surface area contributed by atoms with Crippen LogP contribution in [-0.4, -0.2) is 36.1 Å². The summed E-state index contributed by atoms with van der Waals surface area (Å²) in [4.78, 5) is 37.4. The molecule has 1 atom stereocenters. The van der Waals surface area contributed by atoms with Crippen LogP contribution < -0.4 is 10.3 Å². The van der Waals surface area contributed by atoms with E-state index in [1.165, 1.54) is 5.01 Å². The Hall–Kier alpha value is -3.48. The summed E-state index contributed by atoms with van der Waals surface area (Å²) >= 11 is 0. The number of nitrogens with one attached hydrogen (secondary N) is 1. The Balaban J connectivity index is 1.77. The van der Waals surface area contributed by atoms with Crippen LogP contribution in [0.2, 0.25) is 0 Å². The van der Waals surface area contributed by atoms with Crippen molar-refractivity contribution in [1.29, 1.82) is 0 Å². The van der Waals surface area contributed by atoms with Gasteiger partial charge in [0.1, 0.15) is 11.8 Å². The molecule has 2 amide bonds. The summed E-state index contributed by atoms with van der Waals surface area (Å²) in [5.74, 6) is -1.16. The number of amides is 2. The molecule has 0 saturated carbocycles. The number of hydrogen-bond donors (Lipinski definition) is 1. The van der Waals surface area contributed by atoms with Crippen molar-refractivity contribution in [1.82, 2.24) is 5.32 Å². The number of hydrogen-bond acceptors (Lipinski definition) is 5. The first-order chi connectivity index (χ1) is 14.1. The number of anilines is 1. The summed E-state index contributed by atoms with van der Waals surface area (Å²) < 4.78 is 5.11. The Kier molecular flexibility index (Phi) is 6.73. The van der Waals surface area contributed by atoms with Crippen LogP contribution in [-0.2, 0) is 25.5 Å². The van der Waals surface area contributed by atoms with Gasteiger partial charge in [0.15, 0.2) is 0 Å². The van der Waals surface area contributed by atoms with Gasteiger partial charge in [-0.1, -0.05) is 48.5 Å². The minimum atomic E-state index is -0.838. The van der Waals surface area contributed by atoms with E-state index in [0.29, 0.717) is 12.1 Å². The van der Waals surface area contributed by atoms with Gasteiger partial charge < -0.3 is 10.1 Å². The number of carbonyl (C=O) groups excluding carboxylic acids is 3. The van der Waals surface area contributed by atoms with Crippen molar-refractivity contribution >= 4 is 29.2 Å². The maximum Gasteiger partial charge on any atom is 0.328 e. The molecule has 0 aromatic heterocycles. The summed E-state index contributed by atoms with van der Waals surface area (Å²) in [6.45, 7) is 1.94. The molecule has 7 heteroatoms. The lowest BCUT2D eigenvalue weighted by atomic mass is 10.0. The Morgan fingerprint density at radius 2 is 1.72 bits per heavy atom. The monoisotopic (exact) mass is 393 g/mol. The van der Waals surface area contributed by atoms with Crippen molar-refractivity contribution in [3.8, 4) is 0 Å². The molecule has 3 rings (SSSR count). The standard InChI is InChI=1S/C22H23N3O4/c1-2-29-22(28)19(15-16-9-5-3-6-10-16)23-21(27)18-13-14-20(26)25(24-18)17-11-7-4-8-12-17/h3-12,19H,2,13-15H2,1H3,(H,23,27)/t19-/m0/s1. The molecular weight excluding hydrogens is 370 g/mol. The first-order valence-corrected chi connectivity index (χ1v) is 9.55. The van der Waals surface area contributed by atoms with Gasteiger partial charge in [-0.15, -0.1) is 0 Å². The molecule has 0 unspecified atom stereocenters. The molecule has 0 saturated heterocycles. The summed E-state index contributed by atoms with van der Waals surface area (Å²) in [6.07, 6.45) is 0.693. The molecule has 7 nitrogen and oxygen atoms in total. The van der Waals surface area contributed by atoms with Gasteiger partial charge in [-0.3, -0.25) is 9.59 Å². The summed E-state index contributed by atoms with van der Waals surface area (Å²) in [6, 6.07) is 17.5. The van der Waals surface area contributed by atoms with Gasteiger partial charge in [-0.25, -0.2) is 9.80 Å². The zero-order valence-electron chi connectivity index (χ0n) is 16.2. The van der Waals surface area contributed by atoms with Crippen LogP contribution in [0.4, 0.5) is 5.69 Å². The minimum absolute atomic E-state index is 0.171. The van der Waals surface area contributed by atoms with Gasteiger partial charge in [-0.05, 0) is 24.6 Å². The Morgan fingerprint density at radius 1 is 1.07 bits per heavy atom. The van der Waals surface area contributed by atoms with Gasteiger partial charge in [-0.2, -0.15) is 5.10 Å².